The van der Waals surface area contributed by atoms with Crippen molar-refractivity contribution in [2.45, 2.75) is 6.10 Å². The summed E-state index contributed by atoms with van der Waals surface area (Å²) in [5, 5.41) is 14.3. The molecule has 7 nitrogen and oxygen atoms in total. The number of esters is 1. The molecule has 1 aliphatic rings. The fourth-order valence-corrected chi connectivity index (χ4v) is 3.04. The lowest BCUT2D eigenvalue weighted by Crippen LogP contribution is -2.42. The first-order valence-electron chi connectivity index (χ1n) is 9.14. The van der Waals surface area contributed by atoms with Crippen LogP contribution in [0.3, 0.4) is 0 Å². The van der Waals surface area contributed by atoms with Crippen LogP contribution in [0.2, 0.25) is 0 Å². The van der Waals surface area contributed by atoms with Crippen LogP contribution >= 0.6 is 0 Å². The highest BCUT2D eigenvalue weighted by molar-refractivity contribution is 5.99. The van der Waals surface area contributed by atoms with Gasteiger partial charge in [-0.3, -0.25) is 4.79 Å². The molecular weight excluding hydrogens is 374 g/mol. The number of benzene rings is 3. The van der Waals surface area contributed by atoms with Crippen molar-refractivity contribution >= 4 is 22.6 Å². The molecule has 0 radical (unpaired) electrons. The van der Waals surface area contributed by atoms with Crippen LogP contribution in [0.4, 0.5) is 0 Å². The Balaban J connectivity index is 1.29. The average Bonchev–Trinajstić information content (AvgIpc) is 2.75. The van der Waals surface area contributed by atoms with Crippen LogP contribution in [0.1, 0.15) is 10.4 Å². The summed E-state index contributed by atoms with van der Waals surface area (Å²) in [5.41, 5.74) is 0.0112. The van der Waals surface area contributed by atoms with Gasteiger partial charge in [0.2, 0.25) is 0 Å². The molecule has 0 bridgehead atoms. The molecule has 0 saturated carbocycles. The fraction of sp³-hybridized carbons (Fsp3) is 0.182. The molecule has 148 valence electrons. The van der Waals surface area contributed by atoms with E-state index < -0.39 is 18.5 Å². The van der Waals surface area contributed by atoms with Crippen LogP contribution in [0.5, 0.6) is 17.2 Å². The molecule has 7 heteroatoms. The third-order valence-corrected chi connectivity index (χ3v) is 4.51. The number of hydrogen-bond acceptors (Lipinski definition) is 6. The molecule has 0 saturated heterocycles. The molecule has 3 aromatic carbocycles. The highest BCUT2D eigenvalue weighted by Crippen LogP contribution is 2.30. The lowest BCUT2D eigenvalue weighted by atomic mass is 10.1. The summed E-state index contributed by atoms with van der Waals surface area (Å²) in [5.74, 6) is -0.147. The molecule has 2 N–H and O–H groups in total. The van der Waals surface area contributed by atoms with Gasteiger partial charge in [-0.1, -0.05) is 36.4 Å². The van der Waals surface area contributed by atoms with E-state index in [9.17, 15) is 14.7 Å². The van der Waals surface area contributed by atoms with Crippen molar-refractivity contribution in [1.29, 1.82) is 0 Å². The van der Waals surface area contributed by atoms with Gasteiger partial charge < -0.3 is 24.6 Å². The molecule has 1 amide bonds. The van der Waals surface area contributed by atoms with Gasteiger partial charge in [0.1, 0.15) is 24.0 Å². The van der Waals surface area contributed by atoms with Gasteiger partial charge in [0.05, 0.1) is 6.54 Å². The number of rotatable bonds is 5. The summed E-state index contributed by atoms with van der Waals surface area (Å²) >= 11 is 0. The molecule has 0 spiro atoms. The number of carbonyl (C=O) groups excluding carboxylic acids is 2. The highest BCUT2D eigenvalue weighted by Gasteiger charge is 2.21. The minimum absolute atomic E-state index is 0.0112. The number of phenols is 1. The smallest absolute Gasteiger partial charge is 0.342 e. The minimum Gasteiger partial charge on any atom is -0.507 e. The summed E-state index contributed by atoms with van der Waals surface area (Å²) in [6.07, 6.45) is -0.339. The molecule has 1 atom stereocenters. The number of ether oxygens (including phenoxy) is 3. The molecular formula is C22H19NO6. The number of phenolic OH excluding ortho intramolecular Hbond substituents is 1. The highest BCUT2D eigenvalue weighted by atomic mass is 16.6. The summed E-state index contributed by atoms with van der Waals surface area (Å²) in [4.78, 5) is 24.3. The maximum atomic E-state index is 12.2. The van der Waals surface area contributed by atoms with Gasteiger partial charge in [-0.05, 0) is 35.0 Å². The maximum absolute atomic E-state index is 12.2. The zero-order chi connectivity index (χ0) is 20.2. The Morgan fingerprint density at radius 3 is 2.52 bits per heavy atom. The van der Waals surface area contributed by atoms with E-state index in [-0.39, 0.29) is 24.0 Å². The van der Waals surface area contributed by atoms with Gasteiger partial charge in [-0.25, -0.2) is 4.79 Å². The van der Waals surface area contributed by atoms with Crippen LogP contribution in [-0.4, -0.2) is 42.8 Å². The van der Waals surface area contributed by atoms with E-state index in [1.807, 2.05) is 42.5 Å². The molecule has 4 rings (SSSR count). The largest absolute Gasteiger partial charge is 0.507 e. The second-order valence-corrected chi connectivity index (χ2v) is 6.59. The Bertz CT molecular complexity index is 1060. The van der Waals surface area contributed by atoms with E-state index in [1.54, 1.807) is 6.07 Å². The third kappa shape index (κ3) is 4.24. The summed E-state index contributed by atoms with van der Waals surface area (Å²) in [7, 11) is 0. The van der Waals surface area contributed by atoms with Crippen molar-refractivity contribution in [3.63, 3.8) is 0 Å². The fourth-order valence-electron chi connectivity index (χ4n) is 3.04. The van der Waals surface area contributed by atoms with Crippen molar-refractivity contribution in [2.75, 3.05) is 19.8 Å². The van der Waals surface area contributed by atoms with Crippen LogP contribution < -0.4 is 14.8 Å². The number of para-hydroxylation sites is 2. The third-order valence-electron chi connectivity index (χ3n) is 4.51. The summed E-state index contributed by atoms with van der Waals surface area (Å²) in [6, 6.07) is 17.6. The Kier molecular flexibility index (Phi) is 5.20. The lowest BCUT2D eigenvalue weighted by Gasteiger charge is -2.26. The van der Waals surface area contributed by atoms with Crippen molar-refractivity contribution in [3.8, 4) is 17.2 Å². The molecule has 0 aliphatic carbocycles. The topological polar surface area (TPSA) is 94.1 Å². The lowest BCUT2D eigenvalue weighted by molar-refractivity contribution is -0.124. The minimum atomic E-state index is -0.769. The van der Waals surface area contributed by atoms with Crippen LogP contribution in [-0.2, 0) is 9.53 Å². The second-order valence-electron chi connectivity index (χ2n) is 6.59. The summed E-state index contributed by atoms with van der Waals surface area (Å²) in [6.45, 7) is 0.0588. The summed E-state index contributed by atoms with van der Waals surface area (Å²) < 4.78 is 16.4. The predicted octanol–water partition coefficient (Wildman–Crippen LogP) is 2.66. The van der Waals surface area contributed by atoms with Crippen molar-refractivity contribution in [2.24, 2.45) is 0 Å². The zero-order valence-electron chi connectivity index (χ0n) is 15.5. The van der Waals surface area contributed by atoms with E-state index in [0.717, 1.165) is 10.8 Å². The molecule has 0 unspecified atom stereocenters. The van der Waals surface area contributed by atoms with Gasteiger partial charge >= 0.3 is 5.97 Å². The van der Waals surface area contributed by atoms with Crippen LogP contribution in [0.15, 0.2) is 60.7 Å². The number of carbonyl (C=O) groups is 2. The Hall–Kier alpha value is -3.74. The van der Waals surface area contributed by atoms with Gasteiger partial charge in [0, 0.05) is 0 Å². The first kappa shape index (κ1) is 18.6. The average molecular weight is 393 g/mol. The maximum Gasteiger partial charge on any atom is 0.342 e. The molecule has 0 fully saturated rings. The van der Waals surface area contributed by atoms with Crippen LogP contribution in [0, 0.1) is 0 Å². The number of fused-ring (bicyclic) bond motifs is 2. The van der Waals surface area contributed by atoms with Gasteiger partial charge in [0.15, 0.2) is 18.1 Å². The van der Waals surface area contributed by atoms with Crippen molar-refractivity contribution < 1.29 is 28.9 Å². The van der Waals surface area contributed by atoms with E-state index in [1.165, 1.54) is 12.1 Å². The Labute approximate surface area is 166 Å². The van der Waals surface area contributed by atoms with Crippen molar-refractivity contribution in [3.05, 3.63) is 66.2 Å². The molecule has 1 aliphatic heterocycles. The molecule has 29 heavy (non-hydrogen) atoms. The van der Waals surface area contributed by atoms with Gasteiger partial charge in [0.25, 0.3) is 5.91 Å². The first-order chi connectivity index (χ1) is 14.1. The monoisotopic (exact) mass is 393 g/mol. The van der Waals surface area contributed by atoms with E-state index >= 15 is 0 Å². The normalized spacial score (nSPS) is 15.0. The molecule has 3 aromatic rings. The van der Waals surface area contributed by atoms with Gasteiger partial charge in [-0.2, -0.15) is 0 Å². The Morgan fingerprint density at radius 1 is 1.03 bits per heavy atom. The molecule has 1 heterocycles. The van der Waals surface area contributed by atoms with Crippen molar-refractivity contribution in [1.82, 2.24) is 5.32 Å². The standard InChI is InChI=1S/C22H19NO6/c24-18-10-15-6-2-1-5-14(15)9-17(18)22(26)28-13-21(25)23-11-16-12-27-19-7-3-4-8-20(19)29-16/h1-10,16,24H,11-13H2,(H,23,25)/t16-/m1/s1. The second kappa shape index (κ2) is 8.10. The first-order valence-corrected chi connectivity index (χ1v) is 9.14. The number of aromatic hydroxyl groups is 1. The number of nitrogens with one attached hydrogen (secondary N) is 1. The van der Waals surface area contributed by atoms with Gasteiger partial charge in [-0.15, -0.1) is 0 Å². The Morgan fingerprint density at radius 2 is 1.72 bits per heavy atom. The van der Waals surface area contributed by atoms with E-state index in [4.69, 9.17) is 14.2 Å². The predicted molar refractivity (Wildman–Crippen MR) is 105 cm³/mol. The van der Waals surface area contributed by atoms with Crippen LogP contribution in [0.25, 0.3) is 10.8 Å². The number of amides is 1. The van der Waals surface area contributed by atoms with E-state index in [2.05, 4.69) is 5.32 Å². The molecule has 0 aromatic heterocycles. The number of hydrogen-bond donors (Lipinski definition) is 2. The van der Waals surface area contributed by atoms with E-state index in [0.29, 0.717) is 18.1 Å². The SMILES string of the molecule is O=C(COC(=O)c1cc2ccccc2cc1O)NC[C@@H]1COc2ccccc2O1. The quantitative estimate of drug-likeness (QED) is 0.648. The zero-order valence-corrected chi connectivity index (χ0v) is 15.5.